The van der Waals surface area contributed by atoms with E-state index >= 15 is 0 Å². The molecule has 6 heteroatoms. The van der Waals surface area contributed by atoms with E-state index in [-0.39, 0.29) is 5.75 Å². The van der Waals surface area contributed by atoms with E-state index in [0.717, 1.165) is 5.56 Å². The first-order chi connectivity index (χ1) is 9.63. The number of aromatic nitrogens is 2. The van der Waals surface area contributed by atoms with Crippen molar-refractivity contribution in [1.82, 2.24) is 10.1 Å². The molecule has 0 aliphatic carbocycles. The Hall–Kier alpha value is -2.53. The second kappa shape index (κ2) is 4.86. The summed E-state index contributed by atoms with van der Waals surface area (Å²) in [7, 11) is 0. The monoisotopic (exact) mass is 287 g/mol. The summed E-state index contributed by atoms with van der Waals surface area (Å²) < 4.78 is 5.18. The van der Waals surface area contributed by atoms with Gasteiger partial charge in [0, 0.05) is 16.1 Å². The lowest BCUT2D eigenvalue weighted by Crippen LogP contribution is -1.86. The number of hydrogen-bond donors (Lipinski definition) is 2. The van der Waals surface area contributed by atoms with Gasteiger partial charge in [-0.05, 0) is 30.3 Å². The average molecular weight is 288 g/mol. The zero-order valence-corrected chi connectivity index (χ0v) is 11.0. The Kier molecular flexibility index (Phi) is 3.04. The number of hydrogen-bond acceptors (Lipinski definition) is 5. The Labute approximate surface area is 119 Å². The van der Waals surface area contributed by atoms with Crippen molar-refractivity contribution in [3.05, 3.63) is 47.5 Å². The molecule has 0 saturated heterocycles. The quantitative estimate of drug-likeness (QED) is 0.558. The second-order valence-corrected chi connectivity index (χ2v) is 4.64. The SMILES string of the molecule is Nc1ccc(-c2nc(-c3cccc(Cl)c3)no2)cc1O. The highest BCUT2D eigenvalue weighted by molar-refractivity contribution is 6.30. The third-order valence-corrected chi connectivity index (χ3v) is 3.02. The molecule has 5 nitrogen and oxygen atoms in total. The molecule has 0 aliphatic rings. The van der Waals surface area contributed by atoms with Gasteiger partial charge in [-0.25, -0.2) is 0 Å². The highest BCUT2D eigenvalue weighted by Crippen LogP contribution is 2.28. The van der Waals surface area contributed by atoms with Crippen molar-refractivity contribution in [3.8, 4) is 28.6 Å². The first-order valence-electron chi connectivity index (χ1n) is 5.82. The molecule has 1 heterocycles. The van der Waals surface area contributed by atoms with Crippen LogP contribution in [0, 0.1) is 0 Å². The first-order valence-corrected chi connectivity index (χ1v) is 6.20. The van der Waals surface area contributed by atoms with Crippen LogP contribution < -0.4 is 5.73 Å². The number of nitrogen functional groups attached to an aromatic ring is 1. The van der Waals surface area contributed by atoms with Crippen LogP contribution in [0.25, 0.3) is 22.8 Å². The fourth-order valence-electron chi connectivity index (χ4n) is 1.76. The number of phenols is 1. The topological polar surface area (TPSA) is 85.2 Å². The van der Waals surface area contributed by atoms with Crippen LogP contribution in [0.2, 0.25) is 5.02 Å². The van der Waals surface area contributed by atoms with Gasteiger partial charge in [0.25, 0.3) is 5.89 Å². The molecular weight excluding hydrogens is 278 g/mol. The summed E-state index contributed by atoms with van der Waals surface area (Å²) in [5.41, 5.74) is 7.19. The number of halogens is 1. The number of phenolic OH excluding ortho intramolecular Hbond substituents is 1. The van der Waals surface area contributed by atoms with Crippen LogP contribution in [0.1, 0.15) is 0 Å². The fourth-order valence-corrected chi connectivity index (χ4v) is 1.95. The molecule has 0 aliphatic heterocycles. The van der Waals surface area contributed by atoms with E-state index in [1.54, 1.807) is 24.3 Å². The summed E-state index contributed by atoms with van der Waals surface area (Å²) in [5, 5.41) is 14.1. The molecule has 0 unspecified atom stereocenters. The van der Waals surface area contributed by atoms with E-state index in [9.17, 15) is 5.11 Å². The molecule has 2 aromatic carbocycles. The molecule has 0 amide bonds. The molecular formula is C14H10ClN3O2. The van der Waals surface area contributed by atoms with Gasteiger partial charge in [0.05, 0.1) is 5.69 Å². The van der Waals surface area contributed by atoms with Gasteiger partial charge in [-0.1, -0.05) is 28.9 Å². The largest absolute Gasteiger partial charge is 0.506 e. The molecule has 0 fully saturated rings. The van der Waals surface area contributed by atoms with Crippen molar-refractivity contribution in [2.24, 2.45) is 0 Å². The van der Waals surface area contributed by atoms with E-state index in [4.69, 9.17) is 21.9 Å². The van der Waals surface area contributed by atoms with Gasteiger partial charge in [-0.3, -0.25) is 0 Å². The molecule has 0 atom stereocenters. The molecule has 1 aromatic heterocycles. The summed E-state index contributed by atoms with van der Waals surface area (Å²) in [5.74, 6) is 0.707. The summed E-state index contributed by atoms with van der Waals surface area (Å²) in [6.45, 7) is 0. The minimum absolute atomic E-state index is 0.0231. The van der Waals surface area contributed by atoms with Crippen molar-refractivity contribution < 1.29 is 9.63 Å². The lowest BCUT2D eigenvalue weighted by Gasteiger charge is -1.99. The Morgan fingerprint density at radius 2 is 1.95 bits per heavy atom. The molecule has 3 rings (SSSR count). The summed E-state index contributed by atoms with van der Waals surface area (Å²) in [6.07, 6.45) is 0. The van der Waals surface area contributed by atoms with Crippen LogP contribution in [-0.4, -0.2) is 15.2 Å². The Balaban J connectivity index is 1.99. The number of rotatable bonds is 2. The van der Waals surface area contributed by atoms with E-state index < -0.39 is 0 Å². The maximum Gasteiger partial charge on any atom is 0.258 e. The van der Waals surface area contributed by atoms with Crippen LogP contribution in [0.4, 0.5) is 5.69 Å². The predicted molar refractivity (Wildman–Crippen MR) is 76.3 cm³/mol. The highest BCUT2D eigenvalue weighted by atomic mass is 35.5. The maximum absolute atomic E-state index is 9.59. The Morgan fingerprint density at radius 3 is 2.70 bits per heavy atom. The summed E-state index contributed by atoms with van der Waals surface area (Å²) in [6, 6.07) is 11.9. The number of nitrogens with zero attached hydrogens (tertiary/aromatic N) is 2. The van der Waals surface area contributed by atoms with Crippen LogP contribution in [0.5, 0.6) is 5.75 Å². The predicted octanol–water partition coefficient (Wildman–Crippen LogP) is 3.34. The minimum atomic E-state index is -0.0231. The smallest absolute Gasteiger partial charge is 0.258 e. The molecule has 0 spiro atoms. The number of aromatic hydroxyl groups is 1. The third kappa shape index (κ3) is 2.31. The van der Waals surface area contributed by atoms with E-state index in [1.165, 1.54) is 6.07 Å². The van der Waals surface area contributed by atoms with Crippen LogP contribution >= 0.6 is 11.6 Å². The second-order valence-electron chi connectivity index (χ2n) is 4.21. The van der Waals surface area contributed by atoms with E-state index in [1.807, 2.05) is 12.1 Å². The Morgan fingerprint density at radius 1 is 1.10 bits per heavy atom. The lowest BCUT2D eigenvalue weighted by molar-refractivity contribution is 0.431. The van der Waals surface area contributed by atoms with E-state index in [2.05, 4.69) is 10.1 Å². The van der Waals surface area contributed by atoms with Gasteiger partial charge in [-0.2, -0.15) is 4.98 Å². The molecule has 3 aromatic rings. The van der Waals surface area contributed by atoms with Gasteiger partial charge in [-0.15, -0.1) is 0 Å². The summed E-state index contributed by atoms with van der Waals surface area (Å²) in [4.78, 5) is 4.27. The van der Waals surface area contributed by atoms with Crippen molar-refractivity contribution in [3.63, 3.8) is 0 Å². The number of nitrogens with two attached hydrogens (primary N) is 1. The zero-order valence-electron chi connectivity index (χ0n) is 10.2. The van der Waals surface area contributed by atoms with Gasteiger partial charge < -0.3 is 15.4 Å². The standard InChI is InChI=1S/C14H10ClN3O2/c15-10-3-1-2-8(6-10)13-17-14(20-18-13)9-4-5-11(16)12(19)7-9/h1-7,19H,16H2. The van der Waals surface area contributed by atoms with Gasteiger partial charge in [0.2, 0.25) is 5.82 Å². The molecule has 3 N–H and O–H groups in total. The molecule has 0 radical (unpaired) electrons. The normalized spacial score (nSPS) is 10.7. The highest BCUT2D eigenvalue weighted by Gasteiger charge is 2.12. The van der Waals surface area contributed by atoms with Crippen LogP contribution in [0.15, 0.2) is 47.0 Å². The van der Waals surface area contributed by atoms with Crippen LogP contribution in [-0.2, 0) is 0 Å². The maximum atomic E-state index is 9.59. The molecule has 100 valence electrons. The average Bonchev–Trinajstić information content (AvgIpc) is 2.92. The number of anilines is 1. The lowest BCUT2D eigenvalue weighted by atomic mass is 10.2. The van der Waals surface area contributed by atoms with Gasteiger partial charge in [0.1, 0.15) is 5.75 Å². The van der Waals surface area contributed by atoms with Crippen molar-refractivity contribution >= 4 is 17.3 Å². The molecule has 20 heavy (non-hydrogen) atoms. The molecule has 0 bridgehead atoms. The van der Waals surface area contributed by atoms with Crippen molar-refractivity contribution in [1.29, 1.82) is 0 Å². The van der Waals surface area contributed by atoms with Crippen molar-refractivity contribution in [2.45, 2.75) is 0 Å². The van der Waals surface area contributed by atoms with Crippen molar-refractivity contribution in [2.75, 3.05) is 5.73 Å². The molecule has 0 saturated carbocycles. The van der Waals surface area contributed by atoms with Gasteiger partial charge >= 0.3 is 0 Å². The minimum Gasteiger partial charge on any atom is -0.506 e. The zero-order chi connectivity index (χ0) is 14.1. The Bertz CT molecular complexity index is 771. The summed E-state index contributed by atoms with van der Waals surface area (Å²) >= 11 is 5.92. The fraction of sp³-hybridized carbons (Fsp3) is 0. The van der Waals surface area contributed by atoms with E-state index in [0.29, 0.717) is 28.0 Å². The van der Waals surface area contributed by atoms with Gasteiger partial charge in [0.15, 0.2) is 0 Å². The third-order valence-electron chi connectivity index (χ3n) is 2.79. The first kappa shape index (κ1) is 12.5. The van der Waals surface area contributed by atoms with Crippen LogP contribution in [0.3, 0.4) is 0 Å². The number of benzene rings is 2.